The van der Waals surface area contributed by atoms with E-state index in [0.717, 1.165) is 17.6 Å². The number of hydrogen-bond acceptors (Lipinski definition) is 1. The molecule has 1 aromatic rings. The highest BCUT2D eigenvalue weighted by atomic mass is 16.5. The summed E-state index contributed by atoms with van der Waals surface area (Å²) in [5, 5.41) is 0. The van der Waals surface area contributed by atoms with Crippen molar-refractivity contribution in [2.24, 2.45) is 0 Å². The van der Waals surface area contributed by atoms with Gasteiger partial charge in [-0.2, -0.15) is 0 Å². The fraction of sp³-hybridized carbons (Fsp3) is 0.400. The minimum atomic E-state index is 0.731. The van der Waals surface area contributed by atoms with E-state index in [1.54, 1.807) is 7.11 Å². The molecular weight excluding hydrogens is 147 g/mol. The molecule has 0 atom stereocenters. The van der Waals surface area contributed by atoms with E-state index in [9.17, 15) is 0 Å². The van der Waals surface area contributed by atoms with Gasteiger partial charge in [0, 0.05) is 0 Å². The van der Waals surface area contributed by atoms with Crippen molar-refractivity contribution in [3.63, 3.8) is 0 Å². The Morgan fingerprint density at radius 2 is 2.08 bits per heavy atom. The molecule has 0 heterocycles. The van der Waals surface area contributed by atoms with E-state index in [4.69, 9.17) is 12.6 Å². The normalized spacial score (nSPS) is 9.92. The largest absolute Gasteiger partial charge is 0.497 e. The van der Waals surface area contributed by atoms with Crippen LogP contribution in [0.2, 0.25) is 0 Å². The number of methoxy groups -OCH3 is 1. The predicted octanol–water partition coefficient (Wildman–Crippen LogP) is 1.36. The van der Waals surface area contributed by atoms with Gasteiger partial charge in [0.05, 0.1) is 7.11 Å². The van der Waals surface area contributed by atoms with Crippen molar-refractivity contribution in [3.05, 3.63) is 23.3 Å². The lowest BCUT2D eigenvalue weighted by molar-refractivity contribution is 0.413. The second kappa shape index (κ2) is 3.66. The van der Waals surface area contributed by atoms with Crippen LogP contribution in [0, 0.1) is 6.92 Å². The molecule has 0 saturated carbocycles. The summed E-state index contributed by atoms with van der Waals surface area (Å²) in [6.45, 7) is 4.13. The number of aryl methyl sites for hydroxylation is 2. The molecule has 0 N–H and O–H groups in total. The van der Waals surface area contributed by atoms with E-state index in [1.165, 1.54) is 11.1 Å². The van der Waals surface area contributed by atoms with Gasteiger partial charge in [0.25, 0.3) is 0 Å². The first-order valence-electron chi connectivity index (χ1n) is 4.12. The van der Waals surface area contributed by atoms with E-state index in [0.29, 0.717) is 0 Å². The van der Waals surface area contributed by atoms with Crippen LogP contribution in [0.5, 0.6) is 5.75 Å². The first-order chi connectivity index (χ1) is 5.69. The van der Waals surface area contributed by atoms with Gasteiger partial charge in [-0.15, -0.1) is 0 Å². The quantitative estimate of drug-likeness (QED) is 0.593. The average Bonchev–Trinajstić information content (AvgIpc) is 2.03. The smallest absolute Gasteiger partial charge is 0.119 e. The third-order valence-electron chi connectivity index (χ3n) is 1.92. The van der Waals surface area contributed by atoms with Crippen molar-refractivity contribution in [1.82, 2.24) is 0 Å². The molecule has 0 amide bonds. The van der Waals surface area contributed by atoms with Crippen LogP contribution in [0.25, 0.3) is 0 Å². The van der Waals surface area contributed by atoms with Gasteiger partial charge in [0.1, 0.15) is 13.6 Å². The highest BCUT2D eigenvalue weighted by Crippen LogP contribution is 2.16. The first kappa shape index (κ1) is 9.18. The van der Waals surface area contributed by atoms with Crippen LogP contribution in [0.3, 0.4) is 0 Å². The molecular formula is C10H13BO. The molecule has 2 radical (unpaired) electrons. The van der Waals surface area contributed by atoms with E-state index in [-0.39, 0.29) is 0 Å². The summed E-state index contributed by atoms with van der Waals surface area (Å²) in [5.41, 5.74) is 3.09. The molecule has 0 spiro atoms. The van der Waals surface area contributed by atoms with E-state index in [1.807, 2.05) is 13.0 Å². The van der Waals surface area contributed by atoms with Crippen LogP contribution in [-0.4, -0.2) is 15.0 Å². The van der Waals surface area contributed by atoms with E-state index < -0.39 is 0 Å². The molecule has 1 rings (SSSR count). The summed E-state index contributed by atoms with van der Waals surface area (Å²) in [6, 6.07) is 4.03. The summed E-state index contributed by atoms with van der Waals surface area (Å²) in [7, 11) is 7.44. The number of hydrogen-bond donors (Lipinski definition) is 0. The van der Waals surface area contributed by atoms with Crippen LogP contribution >= 0.6 is 0 Å². The van der Waals surface area contributed by atoms with Crippen molar-refractivity contribution in [2.45, 2.75) is 20.3 Å². The lowest BCUT2D eigenvalue weighted by atomic mass is 9.90. The molecule has 0 aliphatic rings. The summed E-state index contributed by atoms with van der Waals surface area (Å²) >= 11 is 0. The van der Waals surface area contributed by atoms with Crippen molar-refractivity contribution < 1.29 is 4.74 Å². The van der Waals surface area contributed by atoms with Gasteiger partial charge in [0.15, 0.2) is 0 Å². The topological polar surface area (TPSA) is 9.23 Å². The Bertz CT molecular complexity index is 281. The van der Waals surface area contributed by atoms with Gasteiger partial charge in [-0.25, -0.2) is 0 Å². The Kier molecular flexibility index (Phi) is 2.80. The molecule has 0 aliphatic carbocycles. The van der Waals surface area contributed by atoms with Gasteiger partial charge < -0.3 is 4.74 Å². The molecule has 0 aromatic heterocycles. The number of ether oxygens (including phenoxy) is 1. The molecule has 62 valence electrons. The van der Waals surface area contributed by atoms with Crippen LogP contribution < -0.4 is 10.2 Å². The van der Waals surface area contributed by atoms with Gasteiger partial charge in [0.2, 0.25) is 0 Å². The monoisotopic (exact) mass is 160 g/mol. The number of rotatable bonds is 2. The second-order valence-electron chi connectivity index (χ2n) is 2.90. The lowest BCUT2D eigenvalue weighted by Gasteiger charge is -2.11. The molecule has 2 heteroatoms. The highest BCUT2D eigenvalue weighted by Gasteiger charge is 2.04. The van der Waals surface area contributed by atoms with Crippen molar-refractivity contribution >= 4 is 13.3 Å². The van der Waals surface area contributed by atoms with Crippen molar-refractivity contribution in [2.75, 3.05) is 7.11 Å². The third-order valence-corrected chi connectivity index (χ3v) is 1.92. The van der Waals surface area contributed by atoms with E-state index >= 15 is 0 Å². The summed E-state index contributed by atoms with van der Waals surface area (Å²) in [6.07, 6.45) is 0.953. The minimum absolute atomic E-state index is 0.731. The van der Waals surface area contributed by atoms with Crippen molar-refractivity contribution in [1.29, 1.82) is 0 Å². The third kappa shape index (κ3) is 1.63. The Labute approximate surface area is 75.2 Å². The zero-order chi connectivity index (χ0) is 9.14. The maximum atomic E-state index is 5.78. The maximum Gasteiger partial charge on any atom is 0.119 e. The zero-order valence-corrected chi connectivity index (χ0v) is 7.85. The molecule has 0 unspecified atom stereocenters. The number of benzene rings is 1. The Morgan fingerprint density at radius 3 is 2.58 bits per heavy atom. The Balaban J connectivity index is 3.24. The Morgan fingerprint density at radius 1 is 1.42 bits per heavy atom. The van der Waals surface area contributed by atoms with E-state index in [2.05, 4.69) is 13.0 Å². The molecule has 0 aliphatic heterocycles. The molecule has 1 nitrogen and oxygen atoms in total. The fourth-order valence-corrected chi connectivity index (χ4v) is 1.39. The molecule has 12 heavy (non-hydrogen) atoms. The lowest BCUT2D eigenvalue weighted by Crippen LogP contribution is -2.10. The summed E-state index contributed by atoms with van der Waals surface area (Å²) < 4.78 is 5.20. The standard InChI is InChI=1S/C10H13BO/c1-4-8-5-7(2)6-9(11)10(8)12-3/h5-6H,4H2,1-3H3. The predicted molar refractivity (Wildman–Crippen MR) is 52.5 cm³/mol. The van der Waals surface area contributed by atoms with Crippen LogP contribution in [0.15, 0.2) is 12.1 Å². The van der Waals surface area contributed by atoms with Gasteiger partial charge >= 0.3 is 0 Å². The molecule has 0 bridgehead atoms. The first-order valence-corrected chi connectivity index (χ1v) is 4.12. The van der Waals surface area contributed by atoms with Crippen LogP contribution in [0.4, 0.5) is 0 Å². The minimum Gasteiger partial charge on any atom is -0.497 e. The molecule has 1 aromatic carbocycles. The van der Waals surface area contributed by atoms with Gasteiger partial charge in [-0.3, -0.25) is 0 Å². The molecule has 0 saturated heterocycles. The van der Waals surface area contributed by atoms with Gasteiger partial charge in [-0.1, -0.05) is 30.1 Å². The SMILES string of the molecule is [B]c1cc(C)cc(CC)c1OC. The highest BCUT2D eigenvalue weighted by molar-refractivity contribution is 6.34. The Hall–Kier alpha value is -0.915. The average molecular weight is 160 g/mol. The molecule has 0 fully saturated rings. The maximum absolute atomic E-state index is 5.78. The summed E-state index contributed by atoms with van der Waals surface area (Å²) in [5.74, 6) is 0.822. The van der Waals surface area contributed by atoms with Gasteiger partial charge in [-0.05, 0) is 18.9 Å². The summed E-state index contributed by atoms with van der Waals surface area (Å²) in [4.78, 5) is 0. The van der Waals surface area contributed by atoms with Crippen LogP contribution in [-0.2, 0) is 6.42 Å². The zero-order valence-electron chi connectivity index (χ0n) is 7.85. The van der Waals surface area contributed by atoms with Crippen molar-refractivity contribution in [3.8, 4) is 5.75 Å². The second-order valence-corrected chi connectivity index (χ2v) is 2.90. The van der Waals surface area contributed by atoms with Crippen LogP contribution in [0.1, 0.15) is 18.1 Å². The fourth-order valence-electron chi connectivity index (χ4n) is 1.39.